The number of hydrogen-bond acceptors (Lipinski definition) is 3. The maximum absolute atomic E-state index is 12.6. The van der Waals surface area contributed by atoms with Gasteiger partial charge in [-0.3, -0.25) is 4.79 Å². The van der Waals surface area contributed by atoms with E-state index in [0.29, 0.717) is 26.1 Å². The van der Waals surface area contributed by atoms with Crippen molar-refractivity contribution < 1.29 is 9.53 Å². The second-order valence-electron chi connectivity index (χ2n) is 6.16. The monoisotopic (exact) mass is 404 g/mol. The largest absolute Gasteiger partial charge is 0.493 e. The van der Waals surface area contributed by atoms with Gasteiger partial charge in [-0.2, -0.15) is 0 Å². The molecule has 25 heavy (non-hydrogen) atoms. The van der Waals surface area contributed by atoms with Crippen LogP contribution in [0.2, 0.25) is 0 Å². The Bertz CT molecular complexity index is 662. The van der Waals surface area contributed by atoms with E-state index >= 15 is 0 Å². The smallest absolute Gasteiger partial charge is 0.226 e. The molecule has 0 bridgehead atoms. The van der Waals surface area contributed by atoms with Crippen molar-refractivity contribution in [3.63, 3.8) is 0 Å². The van der Waals surface area contributed by atoms with Gasteiger partial charge < -0.3 is 14.5 Å². The average Bonchev–Trinajstić information content (AvgIpc) is 2.59. The van der Waals surface area contributed by atoms with Crippen molar-refractivity contribution in [2.75, 3.05) is 33.8 Å². The molecule has 0 N–H and O–H groups in total. The van der Waals surface area contributed by atoms with Crippen molar-refractivity contribution >= 4 is 21.8 Å². The average molecular weight is 405 g/mol. The molecule has 0 radical (unpaired) electrons. The Morgan fingerprint density at radius 3 is 2.48 bits per heavy atom. The molecule has 2 rings (SSSR count). The molecule has 4 nitrogen and oxygen atoms in total. The number of carbonyl (C=O) groups excluding carboxylic acids is 1. The number of benzene rings is 2. The number of halogens is 1. The highest BCUT2D eigenvalue weighted by Crippen LogP contribution is 2.18. The number of hydrogen-bond donors (Lipinski definition) is 0. The lowest BCUT2D eigenvalue weighted by Gasteiger charge is -2.24. The van der Waals surface area contributed by atoms with Crippen LogP contribution < -0.4 is 4.74 Å². The summed E-state index contributed by atoms with van der Waals surface area (Å²) in [6.07, 6.45) is 0.368. The molecule has 5 heteroatoms. The van der Waals surface area contributed by atoms with E-state index in [2.05, 4.69) is 20.8 Å². The first-order chi connectivity index (χ1) is 12.0. The summed E-state index contributed by atoms with van der Waals surface area (Å²) < 4.78 is 6.66. The van der Waals surface area contributed by atoms with Crippen molar-refractivity contribution in [2.24, 2.45) is 0 Å². The minimum Gasteiger partial charge on any atom is -0.493 e. The van der Waals surface area contributed by atoms with E-state index in [4.69, 9.17) is 4.74 Å². The molecule has 0 saturated carbocycles. The molecule has 0 fully saturated rings. The fourth-order valence-corrected chi connectivity index (χ4v) is 2.77. The van der Waals surface area contributed by atoms with Crippen LogP contribution in [0.25, 0.3) is 0 Å². The van der Waals surface area contributed by atoms with Gasteiger partial charge in [0.2, 0.25) is 5.91 Å². The van der Waals surface area contributed by atoms with Gasteiger partial charge in [-0.05, 0) is 37.9 Å². The third-order valence-corrected chi connectivity index (χ3v) is 4.26. The van der Waals surface area contributed by atoms with Crippen molar-refractivity contribution in [3.05, 3.63) is 64.6 Å². The lowest BCUT2D eigenvalue weighted by Crippen LogP contribution is -2.36. The summed E-state index contributed by atoms with van der Waals surface area (Å²) in [5, 5.41) is 0. The standard InChI is InChI=1S/C20H25BrN2O2/c1-22(2)12-13-23(16-17-7-4-3-5-8-17)20(24)11-14-25-19-10-6-9-18(21)15-19/h3-10,15H,11-14,16H2,1-2H3. The molecule has 0 atom stereocenters. The summed E-state index contributed by atoms with van der Waals surface area (Å²) >= 11 is 3.42. The topological polar surface area (TPSA) is 32.8 Å². The first-order valence-corrected chi connectivity index (χ1v) is 9.18. The third-order valence-electron chi connectivity index (χ3n) is 3.77. The van der Waals surface area contributed by atoms with Gasteiger partial charge in [-0.15, -0.1) is 0 Å². The summed E-state index contributed by atoms with van der Waals surface area (Å²) in [6, 6.07) is 17.7. The fraction of sp³-hybridized carbons (Fsp3) is 0.350. The highest BCUT2D eigenvalue weighted by molar-refractivity contribution is 9.10. The Morgan fingerprint density at radius 1 is 1.04 bits per heavy atom. The normalized spacial score (nSPS) is 10.7. The second kappa shape index (κ2) is 10.2. The van der Waals surface area contributed by atoms with Crippen LogP contribution in [0.5, 0.6) is 5.75 Å². The molecule has 0 aliphatic heterocycles. The van der Waals surface area contributed by atoms with E-state index in [-0.39, 0.29) is 5.91 Å². The minimum atomic E-state index is 0.112. The lowest BCUT2D eigenvalue weighted by atomic mass is 10.2. The molecule has 2 aromatic carbocycles. The molecule has 0 unspecified atom stereocenters. The van der Waals surface area contributed by atoms with E-state index in [1.54, 1.807) is 0 Å². The summed E-state index contributed by atoms with van der Waals surface area (Å²) in [7, 11) is 4.03. The zero-order chi connectivity index (χ0) is 18.1. The Morgan fingerprint density at radius 2 is 1.80 bits per heavy atom. The lowest BCUT2D eigenvalue weighted by molar-refractivity contribution is -0.132. The number of likely N-dealkylation sites (N-methyl/N-ethyl adjacent to an activating group) is 1. The summed E-state index contributed by atoms with van der Waals surface area (Å²) in [6.45, 7) is 2.55. The maximum Gasteiger partial charge on any atom is 0.226 e. The predicted molar refractivity (Wildman–Crippen MR) is 105 cm³/mol. The molecule has 1 amide bonds. The van der Waals surface area contributed by atoms with E-state index in [9.17, 15) is 4.79 Å². The predicted octanol–water partition coefficient (Wildman–Crippen LogP) is 3.81. The molecular formula is C20H25BrN2O2. The van der Waals surface area contributed by atoms with Crippen LogP contribution in [-0.4, -0.2) is 49.5 Å². The Hall–Kier alpha value is -1.85. The zero-order valence-corrected chi connectivity index (χ0v) is 16.4. The van der Waals surface area contributed by atoms with Crippen molar-refractivity contribution in [1.29, 1.82) is 0 Å². The van der Waals surface area contributed by atoms with Gasteiger partial charge in [0.05, 0.1) is 13.0 Å². The van der Waals surface area contributed by atoms with Crippen LogP contribution in [-0.2, 0) is 11.3 Å². The molecule has 0 aromatic heterocycles. The quantitative estimate of drug-likeness (QED) is 0.636. The second-order valence-corrected chi connectivity index (χ2v) is 7.08. The number of carbonyl (C=O) groups is 1. The van der Waals surface area contributed by atoms with Crippen molar-refractivity contribution in [2.45, 2.75) is 13.0 Å². The molecule has 0 saturated heterocycles. The van der Waals surface area contributed by atoms with Crippen LogP contribution in [0.1, 0.15) is 12.0 Å². The van der Waals surface area contributed by atoms with E-state index < -0.39 is 0 Å². The molecule has 0 spiro atoms. The van der Waals surface area contributed by atoms with E-state index in [0.717, 1.165) is 22.3 Å². The molecule has 2 aromatic rings. The van der Waals surface area contributed by atoms with Crippen LogP contribution in [0.3, 0.4) is 0 Å². The molecule has 0 aliphatic rings. The fourth-order valence-electron chi connectivity index (χ4n) is 2.39. The summed E-state index contributed by atoms with van der Waals surface area (Å²) in [4.78, 5) is 16.6. The van der Waals surface area contributed by atoms with Gasteiger partial charge in [-0.1, -0.05) is 52.3 Å². The maximum atomic E-state index is 12.6. The molecule has 0 aliphatic carbocycles. The van der Waals surface area contributed by atoms with Crippen LogP contribution in [0, 0.1) is 0 Å². The first-order valence-electron chi connectivity index (χ1n) is 8.39. The van der Waals surface area contributed by atoms with Gasteiger partial charge in [0.15, 0.2) is 0 Å². The van der Waals surface area contributed by atoms with Gasteiger partial charge in [0.1, 0.15) is 5.75 Å². The van der Waals surface area contributed by atoms with Crippen LogP contribution in [0.15, 0.2) is 59.1 Å². The number of ether oxygens (including phenoxy) is 1. The zero-order valence-electron chi connectivity index (χ0n) is 14.8. The number of amides is 1. The van der Waals surface area contributed by atoms with Crippen molar-refractivity contribution in [1.82, 2.24) is 9.80 Å². The van der Waals surface area contributed by atoms with Gasteiger partial charge in [0, 0.05) is 24.1 Å². The van der Waals surface area contributed by atoms with Crippen LogP contribution >= 0.6 is 15.9 Å². The Kier molecular flexibility index (Phi) is 7.95. The van der Waals surface area contributed by atoms with E-state index in [1.165, 1.54) is 0 Å². The van der Waals surface area contributed by atoms with E-state index in [1.807, 2.05) is 73.6 Å². The van der Waals surface area contributed by atoms with Crippen molar-refractivity contribution in [3.8, 4) is 5.75 Å². The minimum absolute atomic E-state index is 0.112. The molecular weight excluding hydrogens is 380 g/mol. The SMILES string of the molecule is CN(C)CCN(Cc1ccccc1)C(=O)CCOc1cccc(Br)c1. The molecule has 0 heterocycles. The highest BCUT2D eigenvalue weighted by atomic mass is 79.9. The third kappa shape index (κ3) is 7.28. The highest BCUT2D eigenvalue weighted by Gasteiger charge is 2.14. The Labute approximate surface area is 158 Å². The van der Waals surface area contributed by atoms with Gasteiger partial charge in [-0.25, -0.2) is 0 Å². The number of nitrogens with zero attached hydrogens (tertiary/aromatic N) is 2. The first kappa shape index (κ1) is 19.5. The van der Waals surface area contributed by atoms with Gasteiger partial charge >= 0.3 is 0 Å². The van der Waals surface area contributed by atoms with Crippen LogP contribution in [0.4, 0.5) is 0 Å². The Balaban J connectivity index is 1.89. The molecule has 134 valence electrons. The summed E-state index contributed by atoms with van der Waals surface area (Å²) in [5.74, 6) is 0.880. The van der Waals surface area contributed by atoms with Gasteiger partial charge in [0.25, 0.3) is 0 Å². The summed E-state index contributed by atoms with van der Waals surface area (Å²) in [5.41, 5.74) is 1.14. The number of rotatable bonds is 9.